The standard InChI is InChI=1S/C8H14N4S/c1-8(2-3-9-6-8)10-4-7-5-11-13-12-7/h5,9-10H,2-4,6H2,1H3. The quantitative estimate of drug-likeness (QED) is 0.737. The van der Waals surface area contributed by atoms with Gasteiger partial charge in [-0.3, -0.25) is 0 Å². The summed E-state index contributed by atoms with van der Waals surface area (Å²) in [6.07, 6.45) is 3.01. The average molecular weight is 198 g/mol. The summed E-state index contributed by atoms with van der Waals surface area (Å²) < 4.78 is 8.12. The van der Waals surface area contributed by atoms with Crippen LogP contribution in [0.2, 0.25) is 0 Å². The van der Waals surface area contributed by atoms with Gasteiger partial charge in [0.25, 0.3) is 0 Å². The molecule has 1 fully saturated rings. The van der Waals surface area contributed by atoms with Gasteiger partial charge in [-0.25, -0.2) is 0 Å². The van der Waals surface area contributed by atoms with Crippen LogP contribution < -0.4 is 10.6 Å². The Hall–Kier alpha value is -0.520. The molecule has 4 nitrogen and oxygen atoms in total. The normalized spacial score (nSPS) is 28.1. The van der Waals surface area contributed by atoms with E-state index in [9.17, 15) is 0 Å². The van der Waals surface area contributed by atoms with Gasteiger partial charge in [-0.05, 0) is 19.9 Å². The molecule has 1 aromatic rings. The highest BCUT2D eigenvalue weighted by Crippen LogP contribution is 2.13. The Bertz CT molecular complexity index is 253. The lowest BCUT2D eigenvalue weighted by molar-refractivity contribution is 0.384. The van der Waals surface area contributed by atoms with Gasteiger partial charge in [0.15, 0.2) is 0 Å². The van der Waals surface area contributed by atoms with Crippen molar-refractivity contribution >= 4 is 11.7 Å². The van der Waals surface area contributed by atoms with Gasteiger partial charge >= 0.3 is 0 Å². The van der Waals surface area contributed by atoms with Crippen LogP contribution in [0.5, 0.6) is 0 Å². The van der Waals surface area contributed by atoms with Crippen LogP contribution in [0.4, 0.5) is 0 Å². The number of aromatic nitrogens is 2. The highest BCUT2D eigenvalue weighted by atomic mass is 32.1. The Morgan fingerprint density at radius 2 is 2.69 bits per heavy atom. The summed E-state index contributed by atoms with van der Waals surface area (Å²) in [7, 11) is 0. The van der Waals surface area contributed by atoms with Crippen molar-refractivity contribution in [3.8, 4) is 0 Å². The Morgan fingerprint density at radius 3 is 3.31 bits per heavy atom. The van der Waals surface area contributed by atoms with Gasteiger partial charge in [-0.2, -0.15) is 8.75 Å². The topological polar surface area (TPSA) is 49.8 Å². The lowest BCUT2D eigenvalue weighted by Gasteiger charge is -2.23. The maximum Gasteiger partial charge on any atom is 0.0880 e. The molecular formula is C8H14N4S. The van der Waals surface area contributed by atoms with Gasteiger partial charge < -0.3 is 10.6 Å². The molecule has 0 spiro atoms. The predicted octanol–water partition coefficient (Wildman–Crippen LogP) is 0.380. The third-order valence-corrected chi connectivity index (χ3v) is 2.99. The number of rotatable bonds is 3. The van der Waals surface area contributed by atoms with E-state index in [0.29, 0.717) is 0 Å². The summed E-state index contributed by atoms with van der Waals surface area (Å²) >= 11 is 1.27. The molecule has 0 bridgehead atoms. The maximum absolute atomic E-state index is 4.16. The monoisotopic (exact) mass is 198 g/mol. The van der Waals surface area contributed by atoms with Gasteiger partial charge in [0, 0.05) is 18.6 Å². The van der Waals surface area contributed by atoms with Crippen molar-refractivity contribution in [2.24, 2.45) is 0 Å². The predicted molar refractivity (Wildman–Crippen MR) is 52.6 cm³/mol. The summed E-state index contributed by atoms with van der Waals surface area (Å²) in [6, 6.07) is 0. The Kier molecular flexibility index (Phi) is 2.57. The summed E-state index contributed by atoms with van der Waals surface area (Å²) in [5.74, 6) is 0. The molecule has 1 aliphatic heterocycles. The van der Waals surface area contributed by atoms with Crippen molar-refractivity contribution in [1.29, 1.82) is 0 Å². The van der Waals surface area contributed by atoms with Gasteiger partial charge in [-0.15, -0.1) is 0 Å². The first-order chi connectivity index (χ1) is 6.29. The SMILES string of the molecule is CC1(NCc2cnsn2)CCNC1. The summed E-state index contributed by atoms with van der Waals surface area (Å²) in [6.45, 7) is 5.23. The fraction of sp³-hybridized carbons (Fsp3) is 0.750. The molecule has 0 radical (unpaired) electrons. The lowest BCUT2D eigenvalue weighted by Crippen LogP contribution is -2.43. The Labute approximate surface area is 82.1 Å². The van der Waals surface area contributed by atoms with E-state index in [-0.39, 0.29) is 5.54 Å². The van der Waals surface area contributed by atoms with E-state index in [0.717, 1.165) is 25.3 Å². The van der Waals surface area contributed by atoms with Crippen molar-refractivity contribution < 1.29 is 0 Å². The molecule has 1 atom stereocenters. The molecule has 0 amide bonds. The van der Waals surface area contributed by atoms with E-state index in [1.165, 1.54) is 18.1 Å². The van der Waals surface area contributed by atoms with E-state index >= 15 is 0 Å². The van der Waals surface area contributed by atoms with Crippen LogP contribution >= 0.6 is 11.7 Å². The van der Waals surface area contributed by atoms with Crippen LogP contribution in [0.3, 0.4) is 0 Å². The zero-order valence-electron chi connectivity index (χ0n) is 7.71. The number of nitrogens with one attached hydrogen (secondary N) is 2. The number of nitrogens with zero attached hydrogens (tertiary/aromatic N) is 2. The van der Waals surface area contributed by atoms with Crippen molar-refractivity contribution in [1.82, 2.24) is 19.4 Å². The van der Waals surface area contributed by atoms with Gasteiger partial charge in [0.1, 0.15) is 0 Å². The molecule has 0 aromatic carbocycles. The van der Waals surface area contributed by atoms with Crippen LogP contribution in [0.25, 0.3) is 0 Å². The third-order valence-electron chi connectivity index (χ3n) is 2.47. The molecule has 1 unspecified atom stereocenters. The fourth-order valence-electron chi connectivity index (χ4n) is 1.53. The zero-order chi connectivity index (χ0) is 9.15. The molecule has 2 rings (SSSR count). The minimum Gasteiger partial charge on any atom is -0.315 e. The number of hydrogen-bond donors (Lipinski definition) is 2. The van der Waals surface area contributed by atoms with E-state index in [4.69, 9.17) is 0 Å². The molecule has 13 heavy (non-hydrogen) atoms. The summed E-state index contributed by atoms with van der Waals surface area (Å²) in [5.41, 5.74) is 1.28. The molecule has 2 N–H and O–H groups in total. The Morgan fingerprint density at radius 1 is 1.77 bits per heavy atom. The molecule has 72 valence electrons. The second-order valence-corrected chi connectivity index (χ2v) is 4.30. The molecular weight excluding hydrogens is 184 g/mol. The molecule has 2 heterocycles. The van der Waals surface area contributed by atoms with Crippen LogP contribution in [0.15, 0.2) is 6.20 Å². The zero-order valence-corrected chi connectivity index (χ0v) is 8.52. The molecule has 5 heteroatoms. The second kappa shape index (κ2) is 3.69. The summed E-state index contributed by atoms with van der Waals surface area (Å²) in [4.78, 5) is 0. The maximum atomic E-state index is 4.16. The highest BCUT2D eigenvalue weighted by Gasteiger charge is 2.27. The van der Waals surface area contributed by atoms with Crippen LogP contribution in [0, 0.1) is 0 Å². The van der Waals surface area contributed by atoms with Gasteiger partial charge in [0.05, 0.1) is 23.6 Å². The van der Waals surface area contributed by atoms with Crippen LogP contribution in [-0.2, 0) is 6.54 Å². The smallest absolute Gasteiger partial charge is 0.0880 e. The molecule has 0 saturated carbocycles. The highest BCUT2D eigenvalue weighted by molar-refractivity contribution is 6.99. The van der Waals surface area contributed by atoms with Gasteiger partial charge in [-0.1, -0.05) is 0 Å². The minimum absolute atomic E-state index is 0.240. The van der Waals surface area contributed by atoms with E-state index in [1.54, 1.807) is 0 Å². The van der Waals surface area contributed by atoms with E-state index in [1.807, 2.05) is 6.20 Å². The largest absolute Gasteiger partial charge is 0.315 e. The first-order valence-corrected chi connectivity index (χ1v) is 5.24. The first-order valence-electron chi connectivity index (χ1n) is 4.51. The van der Waals surface area contributed by atoms with Crippen molar-refractivity contribution in [3.05, 3.63) is 11.9 Å². The van der Waals surface area contributed by atoms with Gasteiger partial charge in [0.2, 0.25) is 0 Å². The summed E-state index contributed by atoms with van der Waals surface area (Å²) in [5, 5.41) is 6.85. The Balaban J connectivity index is 1.85. The molecule has 1 saturated heterocycles. The van der Waals surface area contributed by atoms with Crippen LogP contribution in [0.1, 0.15) is 19.0 Å². The molecule has 1 aromatic heterocycles. The number of hydrogen-bond acceptors (Lipinski definition) is 5. The van der Waals surface area contributed by atoms with Crippen molar-refractivity contribution in [2.75, 3.05) is 13.1 Å². The fourth-order valence-corrected chi connectivity index (χ4v) is 1.97. The van der Waals surface area contributed by atoms with E-state index in [2.05, 4.69) is 26.3 Å². The van der Waals surface area contributed by atoms with Crippen molar-refractivity contribution in [3.63, 3.8) is 0 Å². The minimum atomic E-state index is 0.240. The second-order valence-electron chi connectivity index (χ2n) is 3.74. The third kappa shape index (κ3) is 2.24. The lowest BCUT2D eigenvalue weighted by atomic mass is 10.0. The van der Waals surface area contributed by atoms with Crippen molar-refractivity contribution in [2.45, 2.75) is 25.4 Å². The van der Waals surface area contributed by atoms with Crippen LogP contribution in [-0.4, -0.2) is 27.4 Å². The average Bonchev–Trinajstić information content (AvgIpc) is 2.72. The molecule has 1 aliphatic rings. The van der Waals surface area contributed by atoms with E-state index < -0.39 is 0 Å². The molecule has 0 aliphatic carbocycles. The first kappa shape index (κ1) is 9.05.